The van der Waals surface area contributed by atoms with E-state index in [1.54, 1.807) is 12.4 Å². The lowest BCUT2D eigenvalue weighted by atomic mass is 9.79. The summed E-state index contributed by atoms with van der Waals surface area (Å²) < 4.78 is 13.5. The van der Waals surface area contributed by atoms with Crippen LogP contribution in [0.1, 0.15) is 29.9 Å². The second kappa shape index (κ2) is 13.5. The fourth-order valence-corrected chi connectivity index (χ4v) is 5.73. The molecule has 2 unspecified atom stereocenters. The van der Waals surface area contributed by atoms with Crippen molar-refractivity contribution < 1.29 is 9.50 Å². The van der Waals surface area contributed by atoms with Crippen molar-refractivity contribution in [2.75, 3.05) is 25.0 Å². The van der Waals surface area contributed by atoms with Gasteiger partial charge in [0.2, 0.25) is 0 Å². The second-order valence-electron chi connectivity index (χ2n) is 10.2. The smallest absolute Gasteiger partial charge is 0.181 e. The molecule has 1 aliphatic heterocycles. The molecule has 1 aromatic heterocycles. The van der Waals surface area contributed by atoms with Crippen LogP contribution in [0, 0.1) is 11.7 Å². The molecule has 3 aromatic carbocycles. The molecule has 0 radical (unpaired) electrons. The van der Waals surface area contributed by atoms with Gasteiger partial charge in [-0.25, -0.2) is 14.4 Å². The number of rotatable bonds is 10. The van der Waals surface area contributed by atoms with E-state index < -0.39 is 12.2 Å². The zero-order chi connectivity index (χ0) is 27.9. The van der Waals surface area contributed by atoms with E-state index in [9.17, 15) is 9.50 Å². The highest BCUT2D eigenvalue weighted by molar-refractivity contribution is 6.31. The van der Waals surface area contributed by atoms with E-state index in [-0.39, 0.29) is 10.9 Å². The van der Waals surface area contributed by atoms with Crippen LogP contribution in [0.2, 0.25) is 10.0 Å². The normalized spacial score (nSPS) is 16.0. The number of aliphatic hydroxyl groups excluding tert-OH is 1. The first-order valence-electron chi connectivity index (χ1n) is 13.4. The number of halogens is 3. The van der Waals surface area contributed by atoms with E-state index in [0.717, 1.165) is 49.2 Å². The van der Waals surface area contributed by atoms with Gasteiger partial charge in [0.05, 0.1) is 5.02 Å². The topological polar surface area (TPSA) is 73.3 Å². The fourth-order valence-electron chi connectivity index (χ4n) is 5.36. The fraction of sp³-hybridized carbons (Fsp3) is 0.290. The molecule has 208 valence electrons. The minimum Gasteiger partial charge on any atom is -0.361 e. The number of aliphatic hydroxyl groups is 1. The van der Waals surface area contributed by atoms with E-state index in [1.807, 2.05) is 30.6 Å². The molecule has 0 amide bonds. The van der Waals surface area contributed by atoms with Gasteiger partial charge in [-0.05, 0) is 84.8 Å². The Kier molecular flexibility index (Phi) is 9.62. The molecule has 0 bridgehead atoms. The maximum Gasteiger partial charge on any atom is 0.181 e. The Bertz CT molecular complexity index is 1380. The standard InChI is InChI=1S/C31H32Cl2FN5O/c32-26-3-1-2-25(14-26)22-4-6-23(7-5-22)28(18-37-31(40)38-27-8-9-30(34)29(33)15-27)24-10-12-39(13-11-24)19-21-16-35-20-36-17-21/h1-9,14-17,20,24,28,31,37-38,40H,10-13,18-19H2. The molecule has 2 heterocycles. The minimum atomic E-state index is -1.02. The summed E-state index contributed by atoms with van der Waals surface area (Å²) in [5.74, 6) is 0.117. The predicted octanol–water partition coefficient (Wildman–Crippen LogP) is 6.56. The number of nitrogens with zero attached hydrogens (tertiary/aromatic N) is 3. The summed E-state index contributed by atoms with van der Waals surface area (Å²) in [5, 5.41) is 17.6. The van der Waals surface area contributed by atoms with Gasteiger partial charge in [0.25, 0.3) is 0 Å². The Balaban J connectivity index is 1.28. The molecule has 5 rings (SSSR count). The highest BCUT2D eigenvalue weighted by atomic mass is 35.5. The van der Waals surface area contributed by atoms with Crippen LogP contribution in [-0.2, 0) is 6.54 Å². The molecule has 3 N–H and O–H groups in total. The SMILES string of the molecule is OC(NCC(c1ccc(-c2cccc(Cl)c2)cc1)C1CCN(Cc2cncnc2)CC1)Nc1ccc(F)c(Cl)c1. The molecular weight excluding hydrogens is 548 g/mol. The Labute approximate surface area is 244 Å². The molecule has 6 nitrogen and oxygen atoms in total. The number of anilines is 1. The second-order valence-corrected chi connectivity index (χ2v) is 11.0. The van der Waals surface area contributed by atoms with Crippen LogP contribution in [-0.4, -0.2) is 46.0 Å². The van der Waals surface area contributed by atoms with Crippen molar-refractivity contribution in [1.29, 1.82) is 0 Å². The highest BCUT2D eigenvalue weighted by Gasteiger charge is 2.28. The molecule has 9 heteroatoms. The summed E-state index contributed by atoms with van der Waals surface area (Å²) in [5.41, 5.74) is 5.04. The van der Waals surface area contributed by atoms with Crippen molar-refractivity contribution in [3.63, 3.8) is 0 Å². The summed E-state index contributed by atoms with van der Waals surface area (Å²) in [7, 11) is 0. The van der Waals surface area contributed by atoms with E-state index in [4.69, 9.17) is 23.2 Å². The third kappa shape index (κ3) is 7.56. The van der Waals surface area contributed by atoms with Gasteiger partial charge in [0.15, 0.2) is 6.35 Å². The number of hydrogen-bond donors (Lipinski definition) is 3. The summed E-state index contributed by atoms with van der Waals surface area (Å²) in [6.07, 6.45) is 6.35. The van der Waals surface area contributed by atoms with Crippen LogP contribution in [0.25, 0.3) is 11.1 Å². The lowest BCUT2D eigenvalue weighted by Gasteiger charge is -2.37. The van der Waals surface area contributed by atoms with Gasteiger partial charge in [-0.3, -0.25) is 10.2 Å². The zero-order valence-corrected chi connectivity index (χ0v) is 23.5. The first kappa shape index (κ1) is 28.5. The number of hydrogen-bond acceptors (Lipinski definition) is 6. The number of likely N-dealkylation sites (tertiary alicyclic amines) is 1. The van der Waals surface area contributed by atoms with Crippen LogP contribution in [0.5, 0.6) is 0 Å². The summed E-state index contributed by atoms with van der Waals surface area (Å²) in [6.45, 7) is 3.36. The maximum absolute atomic E-state index is 13.5. The number of piperidine rings is 1. The number of benzene rings is 3. The molecule has 1 aliphatic rings. The first-order valence-corrected chi connectivity index (χ1v) is 14.2. The van der Waals surface area contributed by atoms with E-state index in [1.165, 1.54) is 17.7 Å². The van der Waals surface area contributed by atoms with Crippen LogP contribution in [0.15, 0.2) is 85.5 Å². The van der Waals surface area contributed by atoms with Gasteiger partial charge < -0.3 is 10.4 Å². The van der Waals surface area contributed by atoms with Gasteiger partial charge in [0, 0.05) is 41.8 Å². The molecule has 40 heavy (non-hydrogen) atoms. The van der Waals surface area contributed by atoms with Crippen molar-refractivity contribution in [1.82, 2.24) is 20.2 Å². The lowest BCUT2D eigenvalue weighted by molar-refractivity contribution is 0.137. The Morgan fingerprint density at radius 1 is 0.950 bits per heavy atom. The maximum atomic E-state index is 13.5. The monoisotopic (exact) mass is 579 g/mol. The zero-order valence-electron chi connectivity index (χ0n) is 22.0. The molecule has 1 fully saturated rings. The average Bonchev–Trinajstić information content (AvgIpc) is 2.97. The lowest BCUT2D eigenvalue weighted by Crippen LogP contribution is -2.42. The molecule has 0 spiro atoms. The highest BCUT2D eigenvalue weighted by Crippen LogP contribution is 2.34. The van der Waals surface area contributed by atoms with Crippen molar-refractivity contribution in [3.8, 4) is 11.1 Å². The van der Waals surface area contributed by atoms with Crippen LogP contribution in [0.4, 0.5) is 10.1 Å². The molecule has 0 saturated carbocycles. The third-order valence-corrected chi connectivity index (χ3v) is 8.00. The van der Waals surface area contributed by atoms with Crippen molar-refractivity contribution in [2.24, 2.45) is 5.92 Å². The molecular formula is C31H32Cl2FN5O. The number of aromatic nitrogens is 2. The van der Waals surface area contributed by atoms with Crippen LogP contribution >= 0.6 is 23.2 Å². The van der Waals surface area contributed by atoms with Crippen molar-refractivity contribution >= 4 is 28.9 Å². The molecule has 0 aliphatic carbocycles. The van der Waals surface area contributed by atoms with E-state index in [0.29, 0.717) is 23.2 Å². The number of nitrogens with one attached hydrogen (secondary N) is 2. The molecule has 1 saturated heterocycles. The van der Waals surface area contributed by atoms with Gasteiger partial charge in [-0.15, -0.1) is 0 Å². The summed E-state index contributed by atoms with van der Waals surface area (Å²) >= 11 is 12.1. The van der Waals surface area contributed by atoms with Gasteiger partial charge >= 0.3 is 0 Å². The van der Waals surface area contributed by atoms with Crippen molar-refractivity contribution in [3.05, 3.63) is 112 Å². The van der Waals surface area contributed by atoms with E-state index >= 15 is 0 Å². The van der Waals surface area contributed by atoms with Crippen molar-refractivity contribution in [2.45, 2.75) is 31.7 Å². The summed E-state index contributed by atoms with van der Waals surface area (Å²) in [4.78, 5) is 10.7. The first-order chi connectivity index (χ1) is 19.4. The summed E-state index contributed by atoms with van der Waals surface area (Å²) in [6, 6.07) is 20.7. The Morgan fingerprint density at radius 2 is 1.70 bits per heavy atom. The molecule has 4 aromatic rings. The van der Waals surface area contributed by atoms with Crippen LogP contribution < -0.4 is 10.6 Å². The molecule has 2 atom stereocenters. The van der Waals surface area contributed by atoms with Gasteiger partial charge in [0.1, 0.15) is 12.1 Å². The Hall–Kier alpha value is -3.07. The third-order valence-electron chi connectivity index (χ3n) is 7.47. The quantitative estimate of drug-likeness (QED) is 0.185. The minimum absolute atomic E-state index is 0.00342. The van der Waals surface area contributed by atoms with Gasteiger partial charge in [-0.1, -0.05) is 59.6 Å². The average molecular weight is 581 g/mol. The van der Waals surface area contributed by atoms with Crippen LogP contribution in [0.3, 0.4) is 0 Å². The Morgan fingerprint density at radius 3 is 2.40 bits per heavy atom. The van der Waals surface area contributed by atoms with Gasteiger partial charge in [-0.2, -0.15) is 0 Å². The predicted molar refractivity (Wildman–Crippen MR) is 159 cm³/mol. The van der Waals surface area contributed by atoms with E-state index in [2.05, 4.69) is 55.8 Å². The largest absolute Gasteiger partial charge is 0.361 e.